The number of amides is 1. The highest BCUT2D eigenvalue weighted by Gasteiger charge is 2.18. The van der Waals surface area contributed by atoms with Crippen molar-refractivity contribution in [1.29, 1.82) is 0 Å². The number of nitrogens with one attached hydrogen (secondary N) is 1. The van der Waals surface area contributed by atoms with Crippen molar-refractivity contribution in [2.45, 2.75) is 65.0 Å². The Balaban J connectivity index is 1.60. The molecule has 0 radical (unpaired) electrons. The predicted molar refractivity (Wildman–Crippen MR) is 106 cm³/mol. The van der Waals surface area contributed by atoms with Gasteiger partial charge in [-0.25, -0.2) is 9.78 Å². The van der Waals surface area contributed by atoms with Gasteiger partial charge in [-0.3, -0.25) is 14.2 Å². The second-order valence-electron chi connectivity index (χ2n) is 7.36. The lowest BCUT2D eigenvalue weighted by Crippen LogP contribution is -2.35. The van der Waals surface area contributed by atoms with Crippen molar-refractivity contribution in [3.05, 3.63) is 39.9 Å². The summed E-state index contributed by atoms with van der Waals surface area (Å²) >= 11 is 0. The summed E-state index contributed by atoms with van der Waals surface area (Å²) in [5.41, 5.74) is 0.696. The van der Waals surface area contributed by atoms with Gasteiger partial charge in [-0.1, -0.05) is 26.2 Å². The molecule has 150 valence electrons. The Morgan fingerprint density at radius 2 is 2.14 bits per heavy atom. The summed E-state index contributed by atoms with van der Waals surface area (Å²) < 4.78 is 6.81. The fourth-order valence-electron chi connectivity index (χ4n) is 3.51. The summed E-state index contributed by atoms with van der Waals surface area (Å²) in [6.45, 7) is 4.44. The van der Waals surface area contributed by atoms with E-state index in [1.807, 2.05) is 6.92 Å². The number of hydrogen-bond donors (Lipinski definition) is 1. The number of carbonyl (C=O) groups excluding carboxylic acids is 2. The smallest absolute Gasteiger partial charge is 0.338 e. The molecule has 0 spiro atoms. The van der Waals surface area contributed by atoms with Gasteiger partial charge >= 0.3 is 5.97 Å². The molecule has 3 rings (SSSR count). The maximum atomic E-state index is 12.5. The zero-order valence-electron chi connectivity index (χ0n) is 16.5. The van der Waals surface area contributed by atoms with Gasteiger partial charge in [0.2, 0.25) is 0 Å². The van der Waals surface area contributed by atoms with Crippen molar-refractivity contribution in [2.24, 2.45) is 0 Å². The average Bonchev–Trinajstić information content (AvgIpc) is 3.15. The number of carbonyl (C=O) groups is 2. The van der Waals surface area contributed by atoms with Crippen LogP contribution in [-0.4, -0.2) is 34.1 Å². The van der Waals surface area contributed by atoms with Crippen LogP contribution in [0.25, 0.3) is 10.9 Å². The highest BCUT2D eigenvalue weighted by Crippen LogP contribution is 2.16. The summed E-state index contributed by atoms with van der Waals surface area (Å²) in [6.07, 6.45) is 5.90. The van der Waals surface area contributed by atoms with E-state index in [1.54, 1.807) is 22.8 Å². The highest BCUT2D eigenvalue weighted by molar-refractivity contribution is 5.95. The van der Waals surface area contributed by atoms with Crippen LogP contribution >= 0.6 is 0 Å². The third-order valence-electron chi connectivity index (χ3n) is 5.03. The minimum Gasteiger partial charge on any atom is -0.452 e. The molecule has 1 amide bonds. The Morgan fingerprint density at radius 1 is 1.32 bits per heavy atom. The topological polar surface area (TPSA) is 90.3 Å². The van der Waals surface area contributed by atoms with Gasteiger partial charge < -0.3 is 10.1 Å². The number of benzene rings is 1. The lowest BCUT2D eigenvalue weighted by Gasteiger charge is -2.13. The van der Waals surface area contributed by atoms with Crippen LogP contribution in [0.2, 0.25) is 0 Å². The van der Waals surface area contributed by atoms with E-state index >= 15 is 0 Å². The lowest BCUT2D eigenvalue weighted by molar-refractivity contribution is -0.124. The molecule has 0 saturated heterocycles. The number of aromatic nitrogens is 2. The Hall–Kier alpha value is -2.70. The van der Waals surface area contributed by atoms with Crippen LogP contribution < -0.4 is 10.9 Å². The Kier molecular flexibility index (Phi) is 6.44. The summed E-state index contributed by atoms with van der Waals surface area (Å²) in [5.74, 6) is -0.162. The third-order valence-corrected chi connectivity index (χ3v) is 5.03. The molecule has 0 aliphatic carbocycles. The van der Waals surface area contributed by atoms with E-state index in [4.69, 9.17) is 4.74 Å². The Morgan fingerprint density at radius 3 is 2.93 bits per heavy atom. The van der Waals surface area contributed by atoms with Crippen LogP contribution in [0.3, 0.4) is 0 Å². The lowest BCUT2D eigenvalue weighted by atomic mass is 10.1. The molecule has 1 aliphatic heterocycles. The number of nitrogens with zero attached hydrogens (tertiary/aromatic N) is 2. The van der Waals surface area contributed by atoms with E-state index in [0.717, 1.165) is 44.3 Å². The van der Waals surface area contributed by atoms with Gasteiger partial charge in [0.1, 0.15) is 5.82 Å². The summed E-state index contributed by atoms with van der Waals surface area (Å²) in [5, 5.41) is 3.33. The fraction of sp³-hybridized carbons (Fsp3) is 0.524. The molecule has 0 bridgehead atoms. The van der Waals surface area contributed by atoms with E-state index < -0.39 is 5.97 Å². The van der Waals surface area contributed by atoms with Gasteiger partial charge in [0, 0.05) is 19.0 Å². The first-order chi connectivity index (χ1) is 13.5. The number of esters is 1. The van der Waals surface area contributed by atoms with Crippen LogP contribution in [0.4, 0.5) is 0 Å². The van der Waals surface area contributed by atoms with Gasteiger partial charge in [-0.15, -0.1) is 0 Å². The summed E-state index contributed by atoms with van der Waals surface area (Å²) in [7, 11) is 0. The van der Waals surface area contributed by atoms with Crippen molar-refractivity contribution in [3.63, 3.8) is 0 Å². The Bertz CT molecular complexity index is 935. The van der Waals surface area contributed by atoms with Crippen LogP contribution in [-0.2, 0) is 22.5 Å². The molecule has 1 aromatic carbocycles. The molecular formula is C21H27N3O4. The molecule has 1 N–H and O–H groups in total. The van der Waals surface area contributed by atoms with E-state index in [0.29, 0.717) is 17.4 Å². The second-order valence-corrected chi connectivity index (χ2v) is 7.36. The van der Waals surface area contributed by atoms with Crippen molar-refractivity contribution >= 4 is 22.8 Å². The number of hydrogen-bond acceptors (Lipinski definition) is 5. The first-order valence-corrected chi connectivity index (χ1v) is 9.99. The molecule has 7 heteroatoms. The van der Waals surface area contributed by atoms with Crippen LogP contribution in [0.5, 0.6) is 0 Å². The summed E-state index contributed by atoms with van der Waals surface area (Å²) in [4.78, 5) is 41.2. The fourth-order valence-corrected chi connectivity index (χ4v) is 3.51. The average molecular weight is 385 g/mol. The standard InChI is InChI=1S/C21H27N3O4/c1-3-4-5-7-14(2)22-19(25)13-28-21(27)15-9-10-16-17(12-15)23-18-8-6-11-24(18)20(16)26/h9-10,12,14H,3-8,11,13H2,1-2H3,(H,22,25)/t14-/m1/s1. The van der Waals surface area contributed by atoms with E-state index in [2.05, 4.69) is 17.2 Å². The zero-order valence-corrected chi connectivity index (χ0v) is 16.5. The van der Waals surface area contributed by atoms with E-state index in [-0.39, 0.29) is 29.7 Å². The maximum Gasteiger partial charge on any atom is 0.338 e. The van der Waals surface area contributed by atoms with Gasteiger partial charge in [0.25, 0.3) is 11.5 Å². The number of fused-ring (bicyclic) bond motifs is 2. The second kappa shape index (κ2) is 8.99. The monoisotopic (exact) mass is 385 g/mol. The molecule has 0 saturated carbocycles. The van der Waals surface area contributed by atoms with E-state index in [1.165, 1.54) is 0 Å². The van der Waals surface area contributed by atoms with Crippen molar-refractivity contribution in [3.8, 4) is 0 Å². The predicted octanol–water partition coefficient (Wildman–Crippen LogP) is 2.58. The number of unbranched alkanes of at least 4 members (excludes halogenated alkanes) is 2. The van der Waals surface area contributed by atoms with Gasteiger partial charge in [0.05, 0.1) is 16.5 Å². The number of aryl methyl sites for hydroxylation is 1. The molecule has 0 unspecified atom stereocenters. The molecular weight excluding hydrogens is 358 g/mol. The largest absolute Gasteiger partial charge is 0.452 e. The summed E-state index contributed by atoms with van der Waals surface area (Å²) in [6, 6.07) is 4.75. The minimum absolute atomic E-state index is 0.0534. The van der Waals surface area contributed by atoms with E-state index in [9.17, 15) is 14.4 Å². The van der Waals surface area contributed by atoms with Gasteiger partial charge in [-0.2, -0.15) is 0 Å². The van der Waals surface area contributed by atoms with Gasteiger partial charge in [0.15, 0.2) is 6.61 Å². The van der Waals surface area contributed by atoms with Gasteiger partial charge in [-0.05, 0) is 38.0 Å². The minimum atomic E-state index is -0.599. The number of rotatable bonds is 8. The van der Waals surface area contributed by atoms with Crippen molar-refractivity contribution in [1.82, 2.24) is 14.9 Å². The Labute approximate surface area is 164 Å². The van der Waals surface area contributed by atoms with Crippen LogP contribution in [0.1, 0.15) is 62.1 Å². The third kappa shape index (κ3) is 4.58. The molecule has 1 aromatic heterocycles. The van der Waals surface area contributed by atoms with Crippen molar-refractivity contribution < 1.29 is 14.3 Å². The van der Waals surface area contributed by atoms with Crippen molar-refractivity contribution in [2.75, 3.05) is 6.61 Å². The quantitative estimate of drug-likeness (QED) is 0.557. The molecule has 2 heterocycles. The zero-order chi connectivity index (χ0) is 20.1. The van der Waals surface area contributed by atoms with Crippen LogP contribution in [0.15, 0.2) is 23.0 Å². The van der Waals surface area contributed by atoms with Crippen LogP contribution in [0, 0.1) is 0 Å². The molecule has 2 aromatic rings. The first-order valence-electron chi connectivity index (χ1n) is 9.99. The molecule has 1 aliphatic rings. The molecule has 1 atom stereocenters. The number of ether oxygens (including phenoxy) is 1. The molecule has 7 nitrogen and oxygen atoms in total. The SMILES string of the molecule is CCCCC[C@@H](C)NC(=O)COC(=O)c1ccc2c(=O)n3c(nc2c1)CCC3. The highest BCUT2D eigenvalue weighted by atomic mass is 16.5. The molecule has 0 fully saturated rings. The normalized spacial score (nSPS) is 13.9. The maximum absolute atomic E-state index is 12.5. The first kappa shape index (κ1) is 20.0. The molecule has 28 heavy (non-hydrogen) atoms.